The number of fused-ring (bicyclic) bond motifs is 1. The van der Waals surface area contributed by atoms with Gasteiger partial charge in [0.05, 0.1) is 5.52 Å². The summed E-state index contributed by atoms with van der Waals surface area (Å²) in [7, 11) is 0. The van der Waals surface area contributed by atoms with Crippen LogP contribution in [0.5, 0.6) is 0 Å². The van der Waals surface area contributed by atoms with Crippen molar-refractivity contribution in [3.05, 3.63) is 65.3 Å². The summed E-state index contributed by atoms with van der Waals surface area (Å²) in [5, 5.41) is 1.92. The predicted octanol–water partition coefficient (Wildman–Crippen LogP) is 4.86. The van der Waals surface area contributed by atoms with Crippen molar-refractivity contribution in [1.29, 1.82) is 0 Å². The Hall–Kier alpha value is -1.86. The van der Waals surface area contributed by atoms with E-state index in [1.165, 1.54) is 5.56 Å². The zero-order valence-electron chi connectivity index (χ0n) is 10.0. The molecular formula is C16H12ClN. The molecule has 0 atom stereocenters. The Morgan fingerprint density at radius 1 is 0.944 bits per heavy atom. The van der Waals surface area contributed by atoms with Gasteiger partial charge in [0.25, 0.3) is 0 Å². The third-order valence-corrected chi connectivity index (χ3v) is 3.45. The number of benzene rings is 2. The summed E-state index contributed by atoms with van der Waals surface area (Å²) < 4.78 is 0. The number of pyridine rings is 1. The Morgan fingerprint density at radius 3 is 2.61 bits per heavy atom. The lowest BCUT2D eigenvalue weighted by atomic mass is 9.97. The Morgan fingerprint density at radius 2 is 1.78 bits per heavy atom. The van der Waals surface area contributed by atoms with Crippen LogP contribution in [-0.2, 0) is 0 Å². The van der Waals surface area contributed by atoms with Crippen molar-refractivity contribution in [2.45, 2.75) is 6.92 Å². The lowest BCUT2D eigenvalue weighted by Gasteiger charge is -2.11. The molecule has 18 heavy (non-hydrogen) atoms. The summed E-state index contributed by atoms with van der Waals surface area (Å²) in [4.78, 5) is 4.38. The van der Waals surface area contributed by atoms with Crippen molar-refractivity contribution in [3.8, 4) is 11.1 Å². The Kier molecular flexibility index (Phi) is 2.77. The molecule has 2 aromatic carbocycles. The second kappa shape index (κ2) is 4.43. The fourth-order valence-electron chi connectivity index (χ4n) is 2.29. The lowest BCUT2D eigenvalue weighted by Crippen LogP contribution is -1.87. The normalized spacial score (nSPS) is 10.8. The van der Waals surface area contributed by atoms with E-state index in [0.29, 0.717) is 0 Å². The molecule has 0 unspecified atom stereocenters. The maximum absolute atomic E-state index is 6.34. The maximum atomic E-state index is 6.34. The number of halogens is 1. The van der Waals surface area contributed by atoms with E-state index in [1.54, 1.807) is 0 Å². The highest BCUT2D eigenvalue weighted by atomic mass is 35.5. The van der Waals surface area contributed by atoms with Gasteiger partial charge >= 0.3 is 0 Å². The Bertz CT molecular complexity index is 694. The summed E-state index contributed by atoms with van der Waals surface area (Å²) in [5.74, 6) is 0. The van der Waals surface area contributed by atoms with Crippen LogP contribution in [0.1, 0.15) is 5.56 Å². The first-order valence-corrected chi connectivity index (χ1v) is 6.24. The van der Waals surface area contributed by atoms with Gasteiger partial charge in [-0.05, 0) is 36.2 Å². The minimum Gasteiger partial charge on any atom is -0.256 e. The Labute approximate surface area is 111 Å². The van der Waals surface area contributed by atoms with Crippen LogP contribution in [0.4, 0.5) is 0 Å². The molecule has 0 spiro atoms. The molecule has 0 saturated heterocycles. The summed E-state index contributed by atoms with van der Waals surface area (Å²) in [6.07, 6.45) is 1.81. The van der Waals surface area contributed by atoms with E-state index >= 15 is 0 Å². The van der Waals surface area contributed by atoms with E-state index in [0.717, 1.165) is 27.1 Å². The highest BCUT2D eigenvalue weighted by molar-refractivity contribution is 6.34. The third kappa shape index (κ3) is 1.77. The van der Waals surface area contributed by atoms with Crippen LogP contribution in [0.2, 0.25) is 5.02 Å². The zero-order valence-corrected chi connectivity index (χ0v) is 10.8. The molecule has 88 valence electrons. The van der Waals surface area contributed by atoms with E-state index in [9.17, 15) is 0 Å². The largest absolute Gasteiger partial charge is 0.256 e. The van der Waals surface area contributed by atoms with Crippen LogP contribution in [0.15, 0.2) is 54.7 Å². The second-order valence-corrected chi connectivity index (χ2v) is 4.71. The molecule has 0 aliphatic carbocycles. The van der Waals surface area contributed by atoms with E-state index in [2.05, 4.69) is 30.1 Å². The minimum absolute atomic E-state index is 0.784. The number of hydrogen-bond acceptors (Lipinski definition) is 1. The van der Waals surface area contributed by atoms with Gasteiger partial charge in [-0.3, -0.25) is 4.98 Å². The van der Waals surface area contributed by atoms with Gasteiger partial charge < -0.3 is 0 Å². The summed E-state index contributed by atoms with van der Waals surface area (Å²) in [5.41, 5.74) is 4.41. The van der Waals surface area contributed by atoms with Gasteiger partial charge in [-0.15, -0.1) is 0 Å². The van der Waals surface area contributed by atoms with Crippen molar-refractivity contribution < 1.29 is 0 Å². The van der Waals surface area contributed by atoms with E-state index < -0.39 is 0 Å². The average Bonchev–Trinajstić information content (AvgIpc) is 2.39. The van der Waals surface area contributed by atoms with Gasteiger partial charge in [0, 0.05) is 22.2 Å². The maximum Gasteiger partial charge on any atom is 0.0708 e. The first-order valence-electron chi connectivity index (χ1n) is 5.86. The number of nitrogens with zero attached hydrogens (tertiary/aromatic N) is 1. The third-order valence-electron chi connectivity index (χ3n) is 3.14. The smallest absolute Gasteiger partial charge is 0.0708 e. The van der Waals surface area contributed by atoms with Crippen LogP contribution in [0, 0.1) is 6.92 Å². The van der Waals surface area contributed by atoms with Crippen LogP contribution in [-0.4, -0.2) is 4.98 Å². The summed E-state index contributed by atoms with van der Waals surface area (Å²) in [6, 6.07) is 16.2. The van der Waals surface area contributed by atoms with Crippen LogP contribution < -0.4 is 0 Å². The van der Waals surface area contributed by atoms with Gasteiger partial charge in [0.2, 0.25) is 0 Å². The molecular weight excluding hydrogens is 242 g/mol. The standard InChI is InChI=1S/C16H12ClN/c1-11-5-2-8-14(17)16(11)13-6-3-9-15-12(13)7-4-10-18-15/h2-10H,1H3. The van der Waals surface area contributed by atoms with Gasteiger partial charge in [-0.25, -0.2) is 0 Å². The number of hydrogen-bond donors (Lipinski definition) is 0. The molecule has 0 aliphatic rings. The van der Waals surface area contributed by atoms with E-state index in [4.69, 9.17) is 11.6 Å². The molecule has 3 aromatic rings. The predicted molar refractivity (Wildman–Crippen MR) is 76.9 cm³/mol. The van der Waals surface area contributed by atoms with Crippen molar-refractivity contribution in [1.82, 2.24) is 4.98 Å². The lowest BCUT2D eigenvalue weighted by molar-refractivity contribution is 1.41. The number of aryl methyl sites for hydroxylation is 1. The topological polar surface area (TPSA) is 12.9 Å². The fourth-order valence-corrected chi connectivity index (χ4v) is 2.62. The highest BCUT2D eigenvalue weighted by Crippen LogP contribution is 2.35. The van der Waals surface area contributed by atoms with Crippen molar-refractivity contribution in [2.75, 3.05) is 0 Å². The van der Waals surface area contributed by atoms with Gasteiger partial charge in [-0.2, -0.15) is 0 Å². The minimum atomic E-state index is 0.784. The van der Waals surface area contributed by atoms with Crippen LogP contribution >= 0.6 is 11.6 Å². The molecule has 3 rings (SSSR count). The first-order chi connectivity index (χ1) is 8.77. The molecule has 2 heteroatoms. The van der Waals surface area contributed by atoms with E-state index in [-0.39, 0.29) is 0 Å². The molecule has 1 aromatic heterocycles. The number of aromatic nitrogens is 1. The zero-order chi connectivity index (χ0) is 12.5. The quantitative estimate of drug-likeness (QED) is 0.603. The molecule has 0 amide bonds. The van der Waals surface area contributed by atoms with Gasteiger partial charge in [0.1, 0.15) is 0 Å². The summed E-state index contributed by atoms with van der Waals surface area (Å²) >= 11 is 6.34. The molecule has 1 nitrogen and oxygen atoms in total. The van der Waals surface area contributed by atoms with Crippen LogP contribution in [0.25, 0.3) is 22.0 Å². The van der Waals surface area contributed by atoms with Crippen LogP contribution in [0.3, 0.4) is 0 Å². The number of rotatable bonds is 1. The molecule has 0 aliphatic heterocycles. The fraction of sp³-hybridized carbons (Fsp3) is 0.0625. The van der Waals surface area contributed by atoms with Crippen molar-refractivity contribution in [3.63, 3.8) is 0 Å². The first kappa shape index (κ1) is 11.2. The second-order valence-electron chi connectivity index (χ2n) is 4.31. The Balaban J connectivity index is 2.39. The van der Waals surface area contributed by atoms with Gasteiger partial charge in [-0.1, -0.05) is 41.9 Å². The summed E-state index contributed by atoms with van der Waals surface area (Å²) in [6.45, 7) is 2.08. The van der Waals surface area contributed by atoms with Crippen molar-refractivity contribution in [2.24, 2.45) is 0 Å². The van der Waals surface area contributed by atoms with E-state index in [1.807, 2.05) is 36.5 Å². The highest BCUT2D eigenvalue weighted by Gasteiger charge is 2.09. The SMILES string of the molecule is Cc1cccc(Cl)c1-c1cccc2ncccc12. The molecule has 0 fully saturated rings. The molecule has 0 N–H and O–H groups in total. The monoisotopic (exact) mass is 253 g/mol. The molecule has 0 radical (unpaired) electrons. The molecule has 0 bridgehead atoms. The molecule has 0 saturated carbocycles. The average molecular weight is 254 g/mol. The van der Waals surface area contributed by atoms with Crippen molar-refractivity contribution >= 4 is 22.5 Å². The van der Waals surface area contributed by atoms with Gasteiger partial charge in [0.15, 0.2) is 0 Å². The molecule has 1 heterocycles.